The van der Waals surface area contributed by atoms with Crippen LogP contribution in [0.4, 0.5) is 4.39 Å². The van der Waals surface area contributed by atoms with Crippen LogP contribution in [0.1, 0.15) is 29.6 Å². The molecule has 1 N–H and O–H groups in total. The Morgan fingerprint density at radius 2 is 2.10 bits per heavy atom. The first-order valence-electron chi connectivity index (χ1n) is 6.01. The summed E-state index contributed by atoms with van der Waals surface area (Å²) in [4.78, 5) is 11.4. The van der Waals surface area contributed by atoms with Crippen LogP contribution in [0.15, 0.2) is 21.5 Å². The van der Waals surface area contributed by atoms with E-state index in [0.29, 0.717) is 12.5 Å². The van der Waals surface area contributed by atoms with Crippen LogP contribution in [0.3, 0.4) is 0 Å². The molecule has 1 aromatic rings. The van der Waals surface area contributed by atoms with Crippen molar-refractivity contribution < 1.29 is 17.6 Å². The molecule has 1 aromatic carbocycles. The molecule has 0 radical (unpaired) electrons. The number of benzene rings is 1. The van der Waals surface area contributed by atoms with E-state index in [2.05, 4.69) is 21.2 Å². The largest absolute Gasteiger partial charge is 0.352 e. The average Bonchev–Trinajstić information content (AvgIpc) is 3.14. The number of carbonyl (C=O) groups is 1. The van der Waals surface area contributed by atoms with Crippen LogP contribution in [0.2, 0.25) is 0 Å². The third kappa shape index (κ3) is 3.93. The van der Waals surface area contributed by atoms with Gasteiger partial charge in [0, 0.05) is 22.8 Å². The molecule has 1 fully saturated rings. The summed E-state index contributed by atoms with van der Waals surface area (Å²) in [6.07, 6.45) is 3.24. The molecule has 0 unspecified atom stereocenters. The first-order chi connectivity index (χ1) is 9.29. The minimum atomic E-state index is -4.13. The normalized spacial score (nSPS) is 15.2. The summed E-state index contributed by atoms with van der Waals surface area (Å²) >= 11 is 2.81. The molecular formula is C12H12BrClFNO3S. The second-order valence-electron chi connectivity index (χ2n) is 4.70. The molecular weight excluding hydrogens is 373 g/mol. The molecule has 0 aromatic heterocycles. The summed E-state index contributed by atoms with van der Waals surface area (Å²) in [5, 5.41) is 2.64. The summed E-state index contributed by atoms with van der Waals surface area (Å²) < 4.78 is 36.0. The molecule has 2 rings (SSSR count). The van der Waals surface area contributed by atoms with E-state index in [9.17, 15) is 17.6 Å². The summed E-state index contributed by atoms with van der Waals surface area (Å²) in [5.41, 5.74) is -0.0688. The van der Waals surface area contributed by atoms with Gasteiger partial charge < -0.3 is 5.32 Å². The molecule has 0 atom stereocenters. The highest BCUT2D eigenvalue weighted by atomic mass is 79.9. The zero-order valence-electron chi connectivity index (χ0n) is 10.3. The number of hydrogen-bond donors (Lipinski definition) is 1. The lowest BCUT2D eigenvalue weighted by molar-refractivity contribution is 0.0952. The van der Waals surface area contributed by atoms with E-state index in [4.69, 9.17) is 10.7 Å². The van der Waals surface area contributed by atoms with Gasteiger partial charge in [0.1, 0.15) is 10.7 Å². The second kappa shape index (κ2) is 5.99. The molecule has 20 heavy (non-hydrogen) atoms. The molecule has 0 saturated heterocycles. The van der Waals surface area contributed by atoms with Crippen molar-refractivity contribution in [3.05, 3.63) is 28.0 Å². The monoisotopic (exact) mass is 383 g/mol. The fourth-order valence-corrected chi connectivity index (χ4v) is 3.86. The van der Waals surface area contributed by atoms with Crippen LogP contribution in [0.5, 0.6) is 0 Å². The van der Waals surface area contributed by atoms with Gasteiger partial charge in [-0.25, -0.2) is 12.8 Å². The van der Waals surface area contributed by atoms with Gasteiger partial charge in [0.15, 0.2) is 0 Å². The third-order valence-corrected chi connectivity index (χ3v) is 5.47. The number of carbonyl (C=O) groups excluding carboxylic acids is 1. The molecule has 4 nitrogen and oxygen atoms in total. The lowest BCUT2D eigenvalue weighted by atomic mass is 10.2. The van der Waals surface area contributed by atoms with Crippen LogP contribution >= 0.6 is 26.6 Å². The SMILES string of the molecule is O=C(NCCC1CC1)c1cc(F)c(Br)c(S(=O)(=O)Cl)c1. The van der Waals surface area contributed by atoms with E-state index in [1.54, 1.807) is 0 Å². The second-order valence-corrected chi connectivity index (χ2v) is 8.02. The van der Waals surface area contributed by atoms with Gasteiger partial charge in [0.05, 0.1) is 4.47 Å². The van der Waals surface area contributed by atoms with E-state index in [1.165, 1.54) is 12.8 Å². The predicted octanol–water partition coefficient (Wildman–Crippen LogP) is 3.05. The molecule has 0 heterocycles. The Labute approximate surface area is 129 Å². The highest BCUT2D eigenvalue weighted by Gasteiger charge is 2.23. The molecule has 1 aliphatic carbocycles. The van der Waals surface area contributed by atoms with Crippen LogP contribution in [-0.2, 0) is 9.05 Å². The Hall–Kier alpha value is -0.660. The molecule has 110 valence electrons. The maximum Gasteiger partial charge on any atom is 0.262 e. The Bertz CT molecular complexity index is 646. The molecule has 1 aliphatic rings. The van der Waals surface area contributed by atoms with Crippen molar-refractivity contribution in [2.75, 3.05) is 6.54 Å². The van der Waals surface area contributed by atoms with E-state index in [0.717, 1.165) is 18.6 Å². The fraction of sp³-hybridized carbons (Fsp3) is 0.417. The number of halogens is 3. The van der Waals surface area contributed by atoms with Crippen molar-refractivity contribution >= 4 is 41.6 Å². The van der Waals surface area contributed by atoms with Crippen molar-refractivity contribution in [2.45, 2.75) is 24.2 Å². The molecule has 8 heteroatoms. The standard InChI is InChI=1S/C12H12BrClFNO3S/c13-11-9(15)5-8(6-10(11)20(14,18)19)12(17)16-4-3-7-1-2-7/h5-7H,1-4H2,(H,16,17). The first-order valence-corrected chi connectivity index (χ1v) is 9.11. The van der Waals surface area contributed by atoms with Crippen molar-refractivity contribution in [3.8, 4) is 0 Å². The lowest BCUT2D eigenvalue weighted by Crippen LogP contribution is -2.25. The smallest absolute Gasteiger partial charge is 0.262 e. The van der Waals surface area contributed by atoms with Gasteiger partial charge in [0.25, 0.3) is 15.0 Å². The highest BCUT2D eigenvalue weighted by Crippen LogP contribution is 2.32. The first kappa shape index (κ1) is 15.7. The summed E-state index contributed by atoms with van der Waals surface area (Å²) in [7, 11) is 1.08. The highest BCUT2D eigenvalue weighted by molar-refractivity contribution is 9.10. The van der Waals surface area contributed by atoms with Gasteiger partial charge in [-0.15, -0.1) is 0 Å². The summed E-state index contributed by atoms with van der Waals surface area (Å²) in [6, 6.07) is 2.03. The minimum absolute atomic E-state index is 0.0688. The number of nitrogens with one attached hydrogen (secondary N) is 1. The van der Waals surface area contributed by atoms with Crippen LogP contribution in [0.25, 0.3) is 0 Å². The fourth-order valence-electron chi connectivity index (χ4n) is 1.77. The molecule has 0 spiro atoms. The predicted molar refractivity (Wildman–Crippen MR) is 76.8 cm³/mol. The van der Waals surface area contributed by atoms with Crippen molar-refractivity contribution in [1.29, 1.82) is 0 Å². The Morgan fingerprint density at radius 1 is 1.45 bits per heavy atom. The van der Waals surface area contributed by atoms with Crippen LogP contribution < -0.4 is 5.32 Å². The van der Waals surface area contributed by atoms with Crippen LogP contribution in [-0.4, -0.2) is 20.9 Å². The maximum atomic E-state index is 13.6. The van der Waals surface area contributed by atoms with Crippen molar-refractivity contribution in [1.82, 2.24) is 5.32 Å². The molecule has 0 aliphatic heterocycles. The van der Waals surface area contributed by atoms with E-state index in [1.807, 2.05) is 0 Å². The van der Waals surface area contributed by atoms with Crippen molar-refractivity contribution in [2.24, 2.45) is 5.92 Å². The van der Waals surface area contributed by atoms with E-state index in [-0.39, 0.29) is 10.0 Å². The number of rotatable bonds is 5. The third-order valence-electron chi connectivity index (χ3n) is 3.05. The Kier molecular flexibility index (Phi) is 4.71. The average molecular weight is 385 g/mol. The maximum absolute atomic E-state index is 13.6. The zero-order valence-corrected chi connectivity index (χ0v) is 13.5. The van der Waals surface area contributed by atoms with Crippen molar-refractivity contribution in [3.63, 3.8) is 0 Å². The quantitative estimate of drug-likeness (QED) is 0.794. The Balaban J connectivity index is 2.18. The zero-order chi connectivity index (χ0) is 14.9. The Morgan fingerprint density at radius 3 is 2.65 bits per heavy atom. The van der Waals surface area contributed by atoms with Gasteiger partial charge >= 0.3 is 0 Å². The summed E-state index contributed by atoms with van der Waals surface area (Å²) in [5.74, 6) is -0.701. The summed E-state index contributed by atoms with van der Waals surface area (Å²) in [6.45, 7) is 0.490. The van der Waals surface area contributed by atoms with E-state index < -0.39 is 25.7 Å². The minimum Gasteiger partial charge on any atom is -0.352 e. The van der Waals surface area contributed by atoms with Gasteiger partial charge in [-0.1, -0.05) is 12.8 Å². The number of amides is 1. The lowest BCUT2D eigenvalue weighted by Gasteiger charge is -2.08. The van der Waals surface area contributed by atoms with Gasteiger partial charge in [0.2, 0.25) is 0 Å². The molecule has 1 saturated carbocycles. The van der Waals surface area contributed by atoms with E-state index >= 15 is 0 Å². The van der Waals surface area contributed by atoms with Gasteiger partial charge in [-0.2, -0.15) is 0 Å². The molecule has 0 bridgehead atoms. The van der Waals surface area contributed by atoms with Gasteiger partial charge in [-0.3, -0.25) is 4.79 Å². The topological polar surface area (TPSA) is 63.2 Å². The molecule has 1 amide bonds. The number of hydrogen-bond acceptors (Lipinski definition) is 3. The van der Waals surface area contributed by atoms with Crippen LogP contribution in [0, 0.1) is 11.7 Å². The van der Waals surface area contributed by atoms with Gasteiger partial charge in [-0.05, 0) is 40.4 Å².